The van der Waals surface area contributed by atoms with Crippen LogP contribution in [0.25, 0.3) is 65.2 Å². The maximum atomic E-state index is 5.20. The van der Waals surface area contributed by atoms with E-state index in [0.717, 1.165) is 30.9 Å². The van der Waals surface area contributed by atoms with E-state index in [0.29, 0.717) is 17.8 Å². The Morgan fingerprint density at radius 1 is 0.746 bits per heavy atom. The van der Waals surface area contributed by atoms with Crippen LogP contribution in [0.1, 0.15) is 118 Å². The van der Waals surface area contributed by atoms with Gasteiger partial charge in [0.2, 0.25) is 5.69 Å². The fourth-order valence-electron chi connectivity index (χ4n) is 12.1. The molecule has 0 radical (unpaired) electrons. The van der Waals surface area contributed by atoms with Gasteiger partial charge in [-0.25, -0.2) is 0 Å². The van der Waals surface area contributed by atoms with E-state index in [4.69, 9.17) is 6.58 Å². The van der Waals surface area contributed by atoms with E-state index in [1.165, 1.54) is 114 Å². The molecule has 3 aromatic heterocycles. The summed E-state index contributed by atoms with van der Waals surface area (Å²) >= 11 is 1.94. The quantitative estimate of drug-likeness (QED) is 0.117. The first-order valence-corrected chi connectivity index (χ1v) is 28.3. The van der Waals surface area contributed by atoms with Crippen molar-refractivity contribution in [2.24, 2.45) is 5.92 Å². The number of rotatable bonds is 6. The van der Waals surface area contributed by atoms with E-state index >= 15 is 0 Å². The van der Waals surface area contributed by atoms with Crippen molar-refractivity contribution in [1.82, 2.24) is 4.57 Å². The molecule has 8 aromatic rings. The van der Waals surface area contributed by atoms with Gasteiger partial charge in [0.1, 0.15) is 11.4 Å². The molecule has 2 aliphatic heterocycles. The SMILES string of the molecule is C=C1CC2C(CCc3cc4sc5ccccc5c4cc3-c3n1c1ccccc1[n+]3-c1c(C(C)C)cccc1C(C)C)c1ccccc1-c1cc(CC3CCCC3)c([Si](C)(C)C)c[n+]12. The maximum absolute atomic E-state index is 5.20. The van der Waals surface area contributed by atoms with Crippen LogP contribution in [0.4, 0.5) is 0 Å². The van der Waals surface area contributed by atoms with Gasteiger partial charge < -0.3 is 0 Å². The van der Waals surface area contributed by atoms with Crippen LogP contribution in [0, 0.1) is 5.92 Å². The van der Waals surface area contributed by atoms with Crippen LogP contribution in [0.15, 0.2) is 122 Å². The lowest BCUT2D eigenvalue weighted by Crippen LogP contribution is -2.54. The van der Waals surface area contributed by atoms with E-state index in [9.17, 15) is 0 Å². The molecule has 2 atom stereocenters. The van der Waals surface area contributed by atoms with Crippen molar-refractivity contribution in [2.75, 3.05) is 0 Å². The zero-order valence-corrected chi connectivity index (χ0v) is 40.3. The second-order valence-electron chi connectivity index (χ2n) is 20.9. The van der Waals surface area contributed by atoms with Gasteiger partial charge >= 0.3 is 0 Å². The van der Waals surface area contributed by atoms with Gasteiger partial charge in [-0.1, -0.05) is 146 Å². The van der Waals surface area contributed by atoms with Gasteiger partial charge in [0.05, 0.1) is 20.1 Å². The highest BCUT2D eigenvalue weighted by Crippen LogP contribution is 2.48. The highest BCUT2D eigenvalue weighted by atomic mass is 32.1. The van der Waals surface area contributed by atoms with Crippen LogP contribution >= 0.6 is 11.3 Å². The Morgan fingerprint density at radius 2 is 1.46 bits per heavy atom. The van der Waals surface area contributed by atoms with Crippen LogP contribution in [0.5, 0.6) is 0 Å². The number of fused-ring (bicyclic) bond motifs is 14. The van der Waals surface area contributed by atoms with Crippen molar-refractivity contribution in [3.05, 3.63) is 150 Å². The molecule has 5 aromatic carbocycles. The second kappa shape index (κ2) is 15.6. The number of hydrogen-bond donors (Lipinski definition) is 0. The Kier molecular flexibility index (Phi) is 10.0. The minimum absolute atomic E-state index is 0.226. The summed E-state index contributed by atoms with van der Waals surface area (Å²) < 4.78 is 10.8. The number of nitrogens with zero attached hydrogens (tertiary/aromatic N) is 3. The molecule has 63 heavy (non-hydrogen) atoms. The molecular weight excluding hydrogens is 799 g/mol. The van der Waals surface area contributed by atoms with Crippen LogP contribution in [0.2, 0.25) is 19.6 Å². The number of para-hydroxylation sites is 3. The molecule has 1 aliphatic carbocycles. The van der Waals surface area contributed by atoms with Crippen molar-refractivity contribution in [3.8, 4) is 28.3 Å². The van der Waals surface area contributed by atoms with E-state index in [1.807, 2.05) is 11.3 Å². The van der Waals surface area contributed by atoms with E-state index in [1.54, 1.807) is 10.8 Å². The predicted octanol–water partition coefficient (Wildman–Crippen LogP) is 14.6. The summed E-state index contributed by atoms with van der Waals surface area (Å²) in [5.41, 5.74) is 16.4. The highest BCUT2D eigenvalue weighted by molar-refractivity contribution is 7.25. The summed E-state index contributed by atoms with van der Waals surface area (Å²) in [6, 6.07) is 42.7. The zero-order valence-electron chi connectivity index (χ0n) is 38.5. The number of thiophene rings is 1. The second-order valence-corrected chi connectivity index (χ2v) is 27.0. The Labute approximate surface area is 379 Å². The Bertz CT molecular complexity index is 3090. The number of imidazole rings is 1. The minimum Gasteiger partial charge on any atom is -0.195 e. The van der Waals surface area contributed by atoms with E-state index < -0.39 is 8.07 Å². The summed E-state index contributed by atoms with van der Waals surface area (Å²) in [5.74, 6) is 3.07. The average molecular weight is 862 g/mol. The number of allylic oxidation sites excluding steroid dienone is 1. The maximum Gasteiger partial charge on any atom is 0.300 e. The fourth-order valence-corrected chi connectivity index (χ4v) is 14.9. The van der Waals surface area contributed by atoms with Crippen molar-refractivity contribution in [3.63, 3.8) is 0 Å². The third-order valence-electron chi connectivity index (χ3n) is 15.1. The normalized spacial score (nSPS) is 18.0. The summed E-state index contributed by atoms with van der Waals surface area (Å²) in [6.07, 6.45) is 12.3. The first-order chi connectivity index (χ1) is 30.5. The van der Waals surface area contributed by atoms with Gasteiger partial charge in [-0.2, -0.15) is 13.7 Å². The van der Waals surface area contributed by atoms with Crippen molar-refractivity contribution < 1.29 is 9.13 Å². The van der Waals surface area contributed by atoms with Gasteiger partial charge in [0.25, 0.3) is 5.82 Å². The molecule has 0 N–H and O–H groups in total. The van der Waals surface area contributed by atoms with E-state index in [-0.39, 0.29) is 6.04 Å². The summed E-state index contributed by atoms with van der Waals surface area (Å²) in [7, 11) is -1.71. The number of pyridine rings is 1. The van der Waals surface area contributed by atoms with Crippen LogP contribution in [-0.4, -0.2) is 12.6 Å². The zero-order chi connectivity index (χ0) is 43.3. The molecule has 5 heterocycles. The summed E-state index contributed by atoms with van der Waals surface area (Å²) in [4.78, 5) is 0. The number of hydrogen-bond acceptors (Lipinski definition) is 1. The average Bonchev–Trinajstić information content (AvgIpc) is 4.01. The lowest BCUT2D eigenvalue weighted by atomic mass is 9.77. The van der Waals surface area contributed by atoms with Gasteiger partial charge in [0.15, 0.2) is 23.3 Å². The molecule has 0 spiro atoms. The molecule has 0 amide bonds. The monoisotopic (exact) mass is 861 g/mol. The third kappa shape index (κ3) is 6.71. The van der Waals surface area contributed by atoms with Crippen LogP contribution in [0.3, 0.4) is 0 Å². The van der Waals surface area contributed by atoms with Gasteiger partial charge in [0, 0.05) is 54.0 Å². The van der Waals surface area contributed by atoms with E-state index in [2.05, 4.69) is 176 Å². The first kappa shape index (κ1) is 40.7. The number of aromatic nitrogens is 3. The highest BCUT2D eigenvalue weighted by Gasteiger charge is 2.45. The molecule has 11 rings (SSSR count). The summed E-state index contributed by atoms with van der Waals surface area (Å²) in [5, 5.41) is 4.34. The lowest BCUT2D eigenvalue weighted by Gasteiger charge is -2.33. The van der Waals surface area contributed by atoms with Gasteiger partial charge in [-0.05, 0) is 90.1 Å². The first-order valence-electron chi connectivity index (χ1n) is 24.0. The topological polar surface area (TPSA) is 12.7 Å². The molecule has 0 saturated heterocycles. The lowest BCUT2D eigenvalue weighted by molar-refractivity contribution is -0.716. The molecule has 3 aliphatic rings. The number of benzene rings is 5. The minimum atomic E-state index is -1.71. The molecular formula is C58H63N3SSi+2. The molecule has 1 saturated carbocycles. The molecule has 3 nitrogen and oxygen atoms in total. The van der Waals surface area contributed by atoms with Crippen molar-refractivity contribution >= 4 is 61.5 Å². The Balaban J connectivity index is 1.21. The molecule has 318 valence electrons. The largest absolute Gasteiger partial charge is 0.300 e. The van der Waals surface area contributed by atoms with Crippen molar-refractivity contribution in [1.29, 1.82) is 0 Å². The smallest absolute Gasteiger partial charge is 0.195 e. The Hall–Kier alpha value is -5.10. The van der Waals surface area contributed by atoms with Gasteiger partial charge in [-0.15, -0.1) is 11.3 Å². The fraction of sp³-hybridized carbons (Fsp3) is 0.345. The summed E-state index contributed by atoms with van der Waals surface area (Å²) in [6.45, 7) is 22.3. The molecule has 5 heteroatoms. The third-order valence-corrected chi connectivity index (χ3v) is 18.3. The standard InChI is InChI=1S/C58H63N3SSi/c1-36(2)42-23-17-24-43(37(3)4)57(42)61-51-26-15-14-25-50(51)60-38(5)30-52-46(29-28-40-33-55-49(34-48(40)58(60)61)47-22-13-16-27-54(47)62-55)44-20-11-12-21-45(44)53-32-41(31-39-18-9-10-19-39)56(35-59(52)53)63(6,7)8/h11-17,20-27,32-37,39,46,52H,5,9-10,18-19,28-31H2,1-4,6-8H3/q+2. The van der Waals surface area contributed by atoms with Crippen LogP contribution in [-0.2, 0) is 12.8 Å². The number of aryl methyl sites for hydroxylation is 1. The van der Waals surface area contributed by atoms with Gasteiger partial charge in [-0.3, -0.25) is 0 Å². The van der Waals surface area contributed by atoms with Crippen LogP contribution < -0.4 is 14.3 Å². The Morgan fingerprint density at radius 3 is 2.22 bits per heavy atom. The molecule has 2 unspecified atom stereocenters. The molecule has 0 bridgehead atoms. The van der Waals surface area contributed by atoms with Crippen molar-refractivity contribution in [2.45, 2.75) is 122 Å². The molecule has 1 fully saturated rings. The predicted molar refractivity (Wildman–Crippen MR) is 271 cm³/mol.